The van der Waals surface area contributed by atoms with E-state index >= 15 is 0 Å². The fraction of sp³-hybridized carbons (Fsp3) is 0.500. The maximum absolute atomic E-state index is 11.6. The Labute approximate surface area is 92.3 Å². The van der Waals surface area contributed by atoms with Crippen LogP contribution >= 0.6 is 0 Å². The first kappa shape index (κ1) is 10.7. The first-order chi connectivity index (χ1) is 7.61. The number of carbonyl (C=O) groups is 2. The highest BCUT2D eigenvalue weighted by atomic mass is 16.4. The van der Waals surface area contributed by atoms with Gasteiger partial charge in [-0.05, 0) is 6.42 Å². The molecule has 2 rings (SSSR count). The van der Waals surface area contributed by atoms with Crippen LogP contribution in [0.1, 0.15) is 24.4 Å². The predicted octanol–water partition coefficient (Wildman–Crippen LogP) is 0.404. The Morgan fingerprint density at radius 3 is 3.00 bits per heavy atom. The van der Waals surface area contributed by atoms with Crippen LogP contribution in [0.25, 0.3) is 0 Å². The van der Waals surface area contributed by atoms with Crippen molar-refractivity contribution in [3.63, 3.8) is 0 Å². The third kappa shape index (κ3) is 1.66. The third-order valence-electron chi connectivity index (χ3n) is 3.04. The van der Waals surface area contributed by atoms with E-state index < -0.39 is 17.9 Å². The zero-order valence-corrected chi connectivity index (χ0v) is 8.88. The lowest BCUT2D eigenvalue weighted by molar-refractivity contribution is -0.150. The monoisotopic (exact) mass is 223 g/mol. The number of aromatic nitrogens is 2. The molecule has 0 aliphatic carbocycles. The summed E-state index contributed by atoms with van der Waals surface area (Å²) in [5.74, 6) is -1.45. The lowest BCUT2D eigenvalue weighted by Crippen LogP contribution is -2.42. The summed E-state index contributed by atoms with van der Waals surface area (Å²) in [6.07, 6.45) is 3.88. The van der Waals surface area contributed by atoms with Crippen molar-refractivity contribution in [2.24, 2.45) is 5.92 Å². The minimum atomic E-state index is -0.870. The van der Waals surface area contributed by atoms with Crippen LogP contribution in [0.4, 0.5) is 0 Å². The van der Waals surface area contributed by atoms with Crippen LogP contribution in [0.5, 0.6) is 0 Å². The number of aromatic amines is 1. The Kier molecular flexibility index (Phi) is 2.64. The highest BCUT2D eigenvalue weighted by molar-refractivity contribution is 5.81. The van der Waals surface area contributed by atoms with Crippen LogP contribution < -0.4 is 0 Å². The largest absolute Gasteiger partial charge is 0.481 e. The van der Waals surface area contributed by atoms with Crippen LogP contribution in [0.15, 0.2) is 12.4 Å². The molecule has 1 fully saturated rings. The molecule has 2 N–H and O–H groups in total. The van der Waals surface area contributed by atoms with E-state index in [0.29, 0.717) is 12.8 Å². The first-order valence-electron chi connectivity index (χ1n) is 5.08. The number of hydrogen-bond donors (Lipinski definition) is 2. The van der Waals surface area contributed by atoms with Gasteiger partial charge >= 0.3 is 5.97 Å². The number of nitrogens with one attached hydrogen (secondary N) is 1. The fourth-order valence-electron chi connectivity index (χ4n) is 2.18. The average molecular weight is 223 g/mol. The topological polar surface area (TPSA) is 86.3 Å². The molecule has 1 aromatic rings. The summed E-state index contributed by atoms with van der Waals surface area (Å²) in [5.41, 5.74) is 0.739. The molecule has 6 nitrogen and oxygen atoms in total. The summed E-state index contributed by atoms with van der Waals surface area (Å²) in [7, 11) is 1.63. The molecule has 1 amide bonds. The Balaban J connectivity index is 2.34. The van der Waals surface area contributed by atoms with Crippen molar-refractivity contribution in [1.82, 2.24) is 15.1 Å². The van der Waals surface area contributed by atoms with E-state index in [4.69, 9.17) is 5.11 Å². The Bertz CT molecular complexity index is 401. The number of nitrogens with zero attached hydrogens (tertiary/aromatic N) is 2. The molecule has 2 atom stereocenters. The van der Waals surface area contributed by atoms with Crippen molar-refractivity contribution < 1.29 is 14.7 Å². The Hall–Kier alpha value is -1.85. The second kappa shape index (κ2) is 3.96. The zero-order valence-electron chi connectivity index (χ0n) is 8.88. The Morgan fingerprint density at radius 1 is 1.69 bits per heavy atom. The number of carboxylic acids is 1. The number of aliphatic carboxylic acids is 1. The summed E-state index contributed by atoms with van der Waals surface area (Å²) in [5, 5.41) is 15.6. The maximum atomic E-state index is 11.6. The SMILES string of the molecule is CN1C(=O)CC[C@@H](C(=O)O)[C@H]1c1cn[nH]c1. The van der Waals surface area contributed by atoms with Crippen LogP contribution in [0.3, 0.4) is 0 Å². The van der Waals surface area contributed by atoms with Gasteiger partial charge in [0.1, 0.15) is 0 Å². The van der Waals surface area contributed by atoms with Crippen LogP contribution in [0, 0.1) is 5.92 Å². The molecule has 0 unspecified atom stereocenters. The molecule has 1 aliphatic rings. The molecule has 1 aliphatic heterocycles. The summed E-state index contributed by atoms with van der Waals surface area (Å²) in [6, 6.07) is -0.419. The van der Waals surface area contributed by atoms with Crippen LogP contribution in [-0.2, 0) is 9.59 Å². The smallest absolute Gasteiger partial charge is 0.308 e. The van der Waals surface area contributed by atoms with Gasteiger partial charge in [-0.2, -0.15) is 5.10 Å². The van der Waals surface area contributed by atoms with E-state index in [1.54, 1.807) is 19.4 Å². The second-order valence-electron chi connectivity index (χ2n) is 3.96. The number of carbonyl (C=O) groups excluding carboxylic acids is 1. The van der Waals surface area contributed by atoms with Crippen LogP contribution in [0.2, 0.25) is 0 Å². The minimum absolute atomic E-state index is 0.0244. The molecule has 16 heavy (non-hydrogen) atoms. The van der Waals surface area contributed by atoms with Gasteiger partial charge < -0.3 is 10.0 Å². The molecule has 1 aromatic heterocycles. The summed E-state index contributed by atoms with van der Waals surface area (Å²) >= 11 is 0. The van der Waals surface area contributed by atoms with E-state index in [1.165, 1.54) is 4.90 Å². The van der Waals surface area contributed by atoms with Gasteiger partial charge in [-0.25, -0.2) is 0 Å². The molecular formula is C10H13N3O3. The number of amides is 1. The third-order valence-corrected chi connectivity index (χ3v) is 3.04. The second-order valence-corrected chi connectivity index (χ2v) is 3.96. The molecule has 1 saturated heterocycles. The summed E-state index contributed by atoms with van der Waals surface area (Å²) in [6.45, 7) is 0. The van der Waals surface area contributed by atoms with E-state index in [2.05, 4.69) is 10.2 Å². The number of piperidine rings is 1. The van der Waals surface area contributed by atoms with Crippen molar-refractivity contribution in [3.05, 3.63) is 18.0 Å². The van der Waals surface area contributed by atoms with Crippen molar-refractivity contribution in [2.45, 2.75) is 18.9 Å². The van der Waals surface area contributed by atoms with E-state index in [-0.39, 0.29) is 5.91 Å². The summed E-state index contributed by atoms with van der Waals surface area (Å²) in [4.78, 5) is 24.2. The minimum Gasteiger partial charge on any atom is -0.481 e. The van der Waals surface area contributed by atoms with Crippen molar-refractivity contribution >= 4 is 11.9 Å². The fourth-order valence-corrected chi connectivity index (χ4v) is 2.18. The normalized spacial score (nSPS) is 25.8. The first-order valence-corrected chi connectivity index (χ1v) is 5.08. The Morgan fingerprint density at radius 2 is 2.44 bits per heavy atom. The van der Waals surface area contributed by atoms with Gasteiger partial charge in [-0.3, -0.25) is 14.7 Å². The highest BCUT2D eigenvalue weighted by Crippen LogP contribution is 2.35. The van der Waals surface area contributed by atoms with Gasteiger partial charge in [0.2, 0.25) is 5.91 Å². The molecular weight excluding hydrogens is 210 g/mol. The van der Waals surface area contributed by atoms with Gasteiger partial charge in [-0.15, -0.1) is 0 Å². The molecule has 0 saturated carbocycles. The number of hydrogen-bond acceptors (Lipinski definition) is 3. The number of rotatable bonds is 2. The van der Waals surface area contributed by atoms with Crippen molar-refractivity contribution in [3.8, 4) is 0 Å². The number of H-pyrrole nitrogens is 1. The average Bonchev–Trinajstić information content (AvgIpc) is 2.74. The standard InChI is InChI=1S/C10H13N3O3/c1-13-8(14)3-2-7(10(15)16)9(13)6-4-11-12-5-6/h4-5,7,9H,2-3H2,1H3,(H,11,12)(H,15,16)/t7-,9-/m1/s1. The predicted molar refractivity (Wildman–Crippen MR) is 54.5 cm³/mol. The van der Waals surface area contributed by atoms with E-state index in [0.717, 1.165) is 5.56 Å². The molecule has 2 heterocycles. The van der Waals surface area contributed by atoms with E-state index in [9.17, 15) is 9.59 Å². The molecule has 0 spiro atoms. The van der Waals surface area contributed by atoms with Crippen molar-refractivity contribution in [2.75, 3.05) is 7.05 Å². The van der Waals surface area contributed by atoms with Gasteiger partial charge in [0.05, 0.1) is 18.2 Å². The molecule has 0 aromatic carbocycles. The van der Waals surface area contributed by atoms with Gasteiger partial charge in [0.15, 0.2) is 0 Å². The van der Waals surface area contributed by atoms with Gasteiger partial charge in [-0.1, -0.05) is 0 Å². The van der Waals surface area contributed by atoms with Gasteiger partial charge in [0, 0.05) is 25.2 Å². The van der Waals surface area contributed by atoms with Gasteiger partial charge in [0.25, 0.3) is 0 Å². The van der Waals surface area contributed by atoms with Crippen molar-refractivity contribution in [1.29, 1.82) is 0 Å². The lowest BCUT2D eigenvalue weighted by atomic mass is 9.86. The number of carboxylic acid groups (broad SMARTS) is 1. The molecule has 6 heteroatoms. The number of likely N-dealkylation sites (tertiary alicyclic amines) is 1. The molecule has 0 bridgehead atoms. The lowest BCUT2D eigenvalue weighted by Gasteiger charge is -2.36. The zero-order chi connectivity index (χ0) is 11.7. The quantitative estimate of drug-likeness (QED) is 0.760. The highest BCUT2D eigenvalue weighted by Gasteiger charge is 2.39. The summed E-state index contributed by atoms with van der Waals surface area (Å²) < 4.78 is 0. The molecule has 86 valence electrons. The van der Waals surface area contributed by atoms with E-state index in [1.807, 2.05) is 0 Å². The maximum Gasteiger partial charge on any atom is 0.308 e. The molecule has 0 radical (unpaired) electrons. The van der Waals surface area contributed by atoms with Crippen LogP contribution in [-0.4, -0.2) is 39.1 Å².